The van der Waals surface area contributed by atoms with E-state index in [0.717, 1.165) is 6.42 Å². The number of hydrogen-bond acceptors (Lipinski definition) is 0. The Labute approximate surface area is 293 Å². The fourth-order valence-electron chi connectivity index (χ4n) is 6.89. The van der Waals surface area contributed by atoms with Crippen molar-refractivity contribution in [2.75, 3.05) is 0 Å². The van der Waals surface area contributed by atoms with Crippen molar-refractivity contribution in [1.82, 2.24) is 0 Å². The Hall–Kier alpha value is -5.40. The van der Waals surface area contributed by atoms with Gasteiger partial charge in [-0.1, -0.05) is 184 Å². The van der Waals surface area contributed by atoms with Crippen LogP contribution in [-0.4, -0.2) is 6.71 Å². The normalized spacial score (nSPS) is 11.0. The molecule has 0 heterocycles. The monoisotopic (exact) mass is 630 g/mol. The first-order chi connectivity index (χ1) is 23.8. The predicted molar refractivity (Wildman–Crippen MR) is 213 cm³/mol. The SMILES string of the molecule is Cc1ccc(B(c2ccc(C)cc2)c2ccc(C)cc2Cc2ccc(-c3cc(-c4ccc(C)cc4)cc(-c4ccc(C)cc4)c3)cc2)cc1. The van der Waals surface area contributed by atoms with E-state index in [9.17, 15) is 0 Å². The summed E-state index contributed by atoms with van der Waals surface area (Å²) in [4.78, 5) is 0. The third-order valence-electron chi connectivity index (χ3n) is 9.82. The maximum absolute atomic E-state index is 2.39. The third kappa shape index (κ3) is 7.37. The average Bonchev–Trinajstić information content (AvgIpc) is 3.11. The number of benzene rings is 7. The van der Waals surface area contributed by atoms with Crippen molar-refractivity contribution in [2.45, 2.75) is 41.0 Å². The Kier molecular flexibility index (Phi) is 9.18. The minimum atomic E-state index is 0.167. The van der Waals surface area contributed by atoms with E-state index in [2.05, 4.69) is 192 Å². The molecule has 0 saturated carbocycles. The van der Waals surface area contributed by atoms with Gasteiger partial charge in [-0.2, -0.15) is 0 Å². The summed E-state index contributed by atoms with van der Waals surface area (Å²) in [6.07, 6.45) is 0.879. The summed E-state index contributed by atoms with van der Waals surface area (Å²) in [5.74, 6) is 0. The van der Waals surface area contributed by atoms with Crippen molar-refractivity contribution in [3.05, 3.63) is 197 Å². The van der Waals surface area contributed by atoms with Crippen LogP contribution in [0, 0.1) is 34.6 Å². The van der Waals surface area contributed by atoms with E-state index < -0.39 is 0 Å². The van der Waals surface area contributed by atoms with Gasteiger partial charge in [0, 0.05) is 0 Å². The van der Waals surface area contributed by atoms with Crippen molar-refractivity contribution in [1.29, 1.82) is 0 Å². The first-order valence-corrected chi connectivity index (χ1v) is 17.4. The van der Waals surface area contributed by atoms with E-state index in [4.69, 9.17) is 0 Å². The third-order valence-corrected chi connectivity index (χ3v) is 9.82. The molecule has 0 unspecified atom stereocenters. The van der Waals surface area contributed by atoms with Gasteiger partial charge in [-0.05, 0) is 104 Å². The summed E-state index contributed by atoms with van der Waals surface area (Å²) in [6, 6.07) is 59.1. The lowest BCUT2D eigenvalue weighted by Gasteiger charge is -2.20. The molecule has 0 aliphatic heterocycles. The lowest BCUT2D eigenvalue weighted by molar-refractivity contribution is 1.20. The molecule has 0 nitrogen and oxygen atoms in total. The molecule has 1 heteroatoms. The van der Waals surface area contributed by atoms with Gasteiger partial charge in [0.1, 0.15) is 0 Å². The fraction of sp³-hybridized carbons (Fsp3) is 0.125. The highest BCUT2D eigenvalue weighted by molar-refractivity contribution is 6.95. The van der Waals surface area contributed by atoms with E-state index in [1.165, 1.54) is 88.7 Å². The van der Waals surface area contributed by atoms with Crippen LogP contribution in [0.3, 0.4) is 0 Å². The molecule has 7 rings (SSSR count). The van der Waals surface area contributed by atoms with Crippen LogP contribution >= 0.6 is 0 Å². The Balaban J connectivity index is 1.25. The van der Waals surface area contributed by atoms with Gasteiger partial charge in [0.2, 0.25) is 6.71 Å². The molecule has 0 saturated heterocycles. The summed E-state index contributed by atoms with van der Waals surface area (Å²) in [5.41, 5.74) is 20.5. The van der Waals surface area contributed by atoms with E-state index in [1.807, 2.05) is 0 Å². The van der Waals surface area contributed by atoms with E-state index in [1.54, 1.807) is 0 Å². The minimum absolute atomic E-state index is 0.167. The molecule has 0 fully saturated rings. The highest BCUT2D eigenvalue weighted by atomic mass is 14.1. The van der Waals surface area contributed by atoms with Gasteiger partial charge in [0.15, 0.2) is 0 Å². The topological polar surface area (TPSA) is 0 Å². The lowest BCUT2D eigenvalue weighted by Crippen LogP contribution is -2.53. The molecule has 238 valence electrons. The Morgan fingerprint density at radius 3 is 1.08 bits per heavy atom. The molecule has 0 aliphatic carbocycles. The van der Waals surface area contributed by atoms with Crippen molar-refractivity contribution in [3.63, 3.8) is 0 Å². The summed E-state index contributed by atoms with van der Waals surface area (Å²) in [7, 11) is 0. The van der Waals surface area contributed by atoms with Crippen LogP contribution in [0.2, 0.25) is 0 Å². The second-order valence-electron chi connectivity index (χ2n) is 13.9. The van der Waals surface area contributed by atoms with Crippen LogP contribution in [-0.2, 0) is 6.42 Å². The van der Waals surface area contributed by atoms with Gasteiger partial charge in [0.05, 0.1) is 0 Å². The van der Waals surface area contributed by atoms with Crippen molar-refractivity contribution >= 4 is 23.1 Å². The quantitative estimate of drug-likeness (QED) is 0.147. The zero-order valence-electron chi connectivity index (χ0n) is 29.3. The average molecular weight is 631 g/mol. The molecular weight excluding hydrogens is 587 g/mol. The molecule has 0 spiro atoms. The summed E-state index contributed by atoms with van der Waals surface area (Å²) < 4.78 is 0. The molecule has 0 amide bonds. The number of rotatable bonds is 8. The van der Waals surface area contributed by atoms with Gasteiger partial charge < -0.3 is 0 Å². The summed E-state index contributed by atoms with van der Waals surface area (Å²) in [6.45, 7) is 11.0. The van der Waals surface area contributed by atoms with E-state index in [0.29, 0.717) is 0 Å². The number of aryl methyl sites for hydroxylation is 5. The predicted octanol–water partition coefficient (Wildman–Crippen LogP) is 10.3. The van der Waals surface area contributed by atoms with Crippen LogP contribution < -0.4 is 16.4 Å². The zero-order valence-corrected chi connectivity index (χ0v) is 29.3. The molecule has 49 heavy (non-hydrogen) atoms. The lowest BCUT2D eigenvalue weighted by atomic mass is 9.36. The van der Waals surface area contributed by atoms with Crippen molar-refractivity contribution < 1.29 is 0 Å². The Morgan fingerprint density at radius 1 is 0.327 bits per heavy atom. The zero-order chi connectivity index (χ0) is 33.9. The highest BCUT2D eigenvalue weighted by Crippen LogP contribution is 2.33. The summed E-state index contributed by atoms with van der Waals surface area (Å²) >= 11 is 0. The highest BCUT2D eigenvalue weighted by Gasteiger charge is 2.24. The molecule has 0 radical (unpaired) electrons. The van der Waals surface area contributed by atoms with Gasteiger partial charge in [-0.3, -0.25) is 0 Å². The largest absolute Gasteiger partial charge is 0.241 e. The Bertz CT molecular complexity index is 2080. The molecule has 0 aromatic heterocycles. The fourth-order valence-corrected chi connectivity index (χ4v) is 6.89. The van der Waals surface area contributed by atoms with Crippen LogP contribution in [0.15, 0.2) is 158 Å². The molecule has 0 atom stereocenters. The van der Waals surface area contributed by atoms with Gasteiger partial charge >= 0.3 is 0 Å². The molecule has 7 aromatic carbocycles. The first kappa shape index (κ1) is 32.2. The maximum atomic E-state index is 2.39. The summed E-state index contributed by atoms with van der Waals surface area (Å²) in [5, 5.41) is 0. The standard InChI is InChI=1S/C48H43B/c1-33-6-17-39(18-7-33)42-30-43(40-19-8-34(2)9-20-40)32-44(31-42)41-21-15-38(16-22-41)29-45-28-37(5)14-27-48(45)49(46-23-10-35(3)11-24-46)47-25-12-36(4)13-26-47/h6-28,30-32H,29H2,1-5H3. The number of hydrogen-bond donors (Lipinski definition) is 0. The maximum Gasteiger partial charge on any atom is 0.241 e. The van der Waals surface area contributed by atoms with Gasteiger partial charge in [-0.25, -0.2) is 0 Å². The van der Waals surface area contributed by atoms with Crippen LogP contribution in [0.4, 0.5) is 0 Å². The van der Waals surface area contributed by atoms with E-state index >= 15 is 0 Å². The molecular formula is C48H43B. The first-order valence-electron chi connectivity index (χ1n) is 17.4. The van der Waals surface area contributed by atoms with Crippen LogP contribution in [0.5, 0.6) is 0 Å². The smallest absolute Gasteiger partial charge is 0.0686 e. The van der Waals surface area contributed by atoms with Gasteiger partial charge in [0.25, 0.3) is 0 Å². The second kappa shape index (κ2) is 14.0. The minimum Gasteiger partial charge on any atom is -0.0686 e. The second-order valence-corrected chi connectivity index (χ2v) is 13.9. The van der Waals surface area contributed by atoms with Crippen LogP contribution in [0.1, 0.15) is 38.9 Å². The molecule has 0 bridgehead atoms. The van der Waals surface area contributed by atoms with E-state index in [-0.39, 0.29) is 6.71 Å². The molecule has 0 N–H and O–H groups in total. The van der Waals surface area contributed by atoms with Crippen molar-refractivity contribution in [3.8, 4) is 33.4 Å². The Morgan fingerprint density at radius 2 is 0.673 bits per heavy atom. The van der Waals surface area contributed by atoms with Crippen LogP contribution in [0.25, 0.3) is 33.4 Å². The molecule has 7 aromatic rings. The van der Waals surface area contributed by atoms with Crippen molar-refractivity contribution in [2.24, 2.45) is 0 Å². The molecule has 0 aliphatic rings. The van der Waals surface area contributed by atoms with Gasteiger partial charge in [-0.15, -0.1) is 0 Å².